The van der Waals surface area contributed by atoms with Crippen LogP contribution in [0.1, 0.15) is 42.5 Å². The Morgan fingerprint density at radius 2 is 1.47 bits per heavy atom. The predicted molar refractivity (Wildman–Crippen MR) is 123 cm³/mol. The first-order valence-electron chi connectivity index (χ1n) is 11.0. The maximum Gasteiger partial charge on any atom is 0.0762 e. The van der Waals surface area contributed by atoms with Crippen molar-refractivity contribution >= 4 is 0 Å². The largest absolute Gasteiger partial charge is 0.310 e. The SMILES string of the molecule is CN(C)C1(c2ccccc2)CCC(CNCc2ccn(C)n2)(c2ccccc2)CC1. The van der Waals surface area contributed by atoms with Crippen LogP contribution in [-0.2, 0) is 24.5 Å². The van der Waals surface area contributed by atoms with Crippen LogP contribution in [0.25, 0.3) is 0 Å². The average molecular weight is 403 g/mol. The van der Waals surface area contributed by atoms with E-state index in [4.69, 9.17) is 0 Å². The van der Waals surface area contributed by atoms with Gasteiger partial charge in [-0.15, -0.1) is 0 Å². The third-order valence-electron chi connectivity index (χ3n) is 7.13. The number of nitrogens with zero attached hydrogens (tertiary/aromatic N) is 3. The highest BCUT2D eigenvalue weighted by Crippen LogP contribution is 2.49. The number of nitrogens with one attached hydrogen (secondary N) is 1. The molecule has 4 nitrogen and oxygen atoms in total. The zero-order chi connectivity index (χ0) is 21.0. The van der Waals surface area contributed by atoms with E-state index in [1.165, 1.54) is 24.0 Å². The lowest BCUT2D eigenvalue weighted by molar-refractivity contribution is 0.0641. The smallest absolute Gasteiger partial charge is 0.0762 e. The molecule has 0 amide bonds. The molecule has 0 bridgehead atoms. The van der Waals surface area contributed by atoms with Crippen LogP contribution in [0, 0.1) is 0 Å². The number of benzene rings is 2. The molecule has 0 aliphatic heterocycles. The summed E-state index contributed by atoms with van der Waals surface area (Å²) < 4.78 is 1.87. The molecule has 0 unspecified atom stereocenters. The Balaban J connectivity index is 1.56. The van der Waals surface area contributed by atoms with Gasteiger partial charge in [0.25, 0.3) is 0 Å². The Morgan fingerprint density at radius 3 is 2.00 bits per heavy atom. The minimum Gasteiger partial charge on any atom is -0.310 e. The topological polar surface area (TPSA) is 33.1 Å². The van der Waals surface area contributed by atoms with Crippen molar-refractivity contribution in [2.75, 3.05) is 20.6 Å². The molecule has 158 valence electrons. The first-order chi connectivity index (χ1) is 14.5. The molecule has 0 atom stereocenters. The molecule has 30 heavy (non-hydrogen) atoms. The van der Waals surface area contributed by atoms with Gasteiger partial charge in [0.15, 0.2) is 0 Å². The van der Waals surface area contributed by atoms with Crippen LogP contribution >= 0.6 is 0 Å². The van der Waals surface area contributed by atoms with Gasteiger partial charge in [0, 0.05) is 37.3 Å². The van der Waals surface area contributed by atoms with Gasteiger partial charge in [-0.05, 0) is 57.0 Å². The molecule has 1 saturated carbocycles. The van der Waals surface area contributed by atoms with Gasteiger partial charge in [-0.25, -0.2) is 0 Å². The second-order valence-electron chi connectivity index (χ2n) is 9.02. The minimum absolute atomic E-state index is 0.112. The first-order valence-corrected chi connectivity index (χ1v) is 11.0. The van der Waals surface area contributed by atoms with Gasteiger partial charge in [-0.1, -0.05) is 60.7 Å². The van der Waals surface area contributed by atoms with Crippen molar-refractivity contribution in [3.8, 4) is 0 Å². The van der Waals surface area contributed by atoms with Gasteiger partial charge in [0.1, 0.15) is 0 Å². The van der Waals surface area contributed by atoms with E-state index in [9.17, 15) is 0 Å². The monoisotopic (exact) mass is 402 g/mol. The van der Waals surface area contributed by atoms with Crippen molar-refractivity contribution in [3.63, 3.8) is 0 Å². The highest BCUT2D eigenvalue weighted by Gasteiger charge is 2.45. The normalized spacial score (nSPS) is 24.3. The number of hydrogen-bond donors (Lipinski definition) is 1. The zero-order valence-electron chi connectivity index (χ0n) is 18.5. The fourth-order valence-electron chi connectivity index (χ4n) is 5.23. The molecule has 4 rings (SSSR count). The first kappa shape index (κ1) is 20.8. The van der Waals surface area contributed by atoms with E-state index in [1.807, 2.05) is 17.9 Å². The number of rotatable bonds is 7. The van der Waals surface area contributed by atoms with Crippen molar-refractivity contribution in [2.45, 2.75) is 43.2 Å². The Labute approximate surface area is 180 Å². The maximum atomic E-state index is 4.52. The van der Waals surface area contributed by atoms with Crippen LogP contribution in [0.2, 0.25) is 0 Å². The quantitative estimate of drug-likeness (QED) is 0.633. The molecule has 1 heterocycles. The summed E-state index contributed by atoms with van der Waals surface area (Å²) in [5.41, 5.74) is 4.27. The van der Waals surface area contributed by atoms with E-state index in [0.29, 0.717) is 0 Å². The summed E-state index contributed by atoms with van der Waals surface area (Å²) in [5.74, 6) is 0. The van der Waals surface area contributed by atoms with Crippen LogP contribution in [-0.4, -0.2) is 35.3 Å². The molecular weight excluding hydrogens is 368 g/mol. The Hall–Kier alpha value is -2.43. The Morgan fingerprint density at radius 1 is 0.867 bits per heavy atom. The average Bonchev–Trinajstić information content (AvgIpc) is 3.20. The lowest BCUT2D eigenvalue weighted by Crippen LogP contribution is -2.50. The molecular formula is C26H34N4. The van der Waals surface area contributed by atoms with Crippen LogP contribution in [0.3, 0.4) is 0 Å². The van der Waals surface area contributed by atoms with Gasteiger partial charge in [0.05, 0.1) is 5.69 Å². The van der Waals surface area contributed by atoms with Crippen molar-refractivity contribution in [2.24, 2.45) is 7.05 Å². The fourth-order valence-corrected chi connectivity index (χ4v) is 5.23. The van der Waals surface area contributed by atoms with Crippen LogP contribution in [0.15, 0.2) is 72.9 Å². The summed E-state index contributed by atoms with van der Waals surface area (Å²) in [6, 6.07) is 24.3. The molecule has 0 spiro atoms. The third kappa shape index (κ3) is 4.07. The molecule has 1 N–H and O–H groups in total. The van der Waals surface area contributed by atoms with Gasteiger partial charge in [-0.2, -0.15) is 5.10 Å². The third-order valence-corrected chi connectivity index (χ3v) is 7.13. The Kier molecular flexibility index (Phi) is 6.07. The summed E-state index contributed by atoms with van der Waals surface area (Å²) in [6.07, 6.45) is 6.66. The van der Waals surface area contributed by atoms with E-state index < -0.39 is 0 Å². The van der Waals surface area contributed by atoms with Crippen molar-refractivity contribution in [1.29, 1.82) is 0 Å². The predicted octanol–water partition coefficient (Wildman–Crippen LogP) is 4.48. The van der Waals surface area contributed by atoms with E-state index in [-0.39, 0.29) is 11.0 Å². The molecule has 0 saturated heterocycles. The van der Waals surface area contributed by atoms with Gasteiger partial charge in [-0.3, -0.25) is 9.58 Å². The van der Waals surface area contributed by atoms with Crippen molar-refractivity contribution in [1.82, 2.24) is 20.0 Å². The summed E-state index contributed by atoms with van der Waals surface area (Å²) in [4.78, 5) is 2.44. The van der Waals surface area contributed by atoms with Gasteiger partial charge >= 0.3 is 0 Å². The molecule has 2 aromatic carbocycles. The number of hydrogen-bond acceptors (Lipinski definition) is 3. The maximum absolute atomic E-state index is 4.52. The van der Waals surface area contributed by atoms with Gasteiger partial charge in [0.2, 0.25) is 0 Å². The number of aryl methyl sites for hydroxylation is 1. The van der Waals surface area contributed by atoms with Crippen molar-refractivity contribution in [3.05, 3.63) is 89.7 Å². The second kappa shape index (κ2) is 8.75. The van der Waals surface area contributed by atoms with Crippen LogP contribution < -0.4 is 5.32 Å². The molecule has 0 radical (unpaired) electrons. The lowest BCUT2D eigenvalue weighted by atomic mass is 9.62. The standard InChI is InChI=1S/C26H34N4/c1-29(2)26(23-12-8-5-9-13-23)17-15-25(16-18-26,22-10-6-4-7-11-22)21-27-20-24-14-19-30(3)28-24/h4-14,19,27H,15-18,20-21H2,1-3H3. The van der Waals surface area contributed by atoms with E-state index in [2.05, 4.69) is 96.1 Å². The minimum atomic E-state index is 0.112. The van der Waals surface area contributed by atoms with Gasteiger partial charge < -0.3 is 5.32 Å². The molecule has 1 aliphatic carbocycles. The number of aromatic nitrogens is 2. The van der Waals surface area contributed by atoms with Crippen LogP contribution in [0.5, 0.6) is 0 Å². The molecule has 4 heteroatoms. The summed E-state index contributed by atoms with van der Waals surface area (Å²) in [5, 5.41) is 8.25. The van der Waals surface area contributed by atoms with E-state index in [0.717, 1.165) is 31.6 Å². The van der Waals surface area contributed by atoms with E-state index in [1.54, 1.807) is 0 Å². The highest BCUT2D eigenvalue weighted by atomic mass is 15.3. The van der Waals surface area contributed by atoms with Crippen LogP contribution in [0.4, 0.5) is 0 Å². The molecule has 1 aliphatic rings. The van der Waals surface area contributed by atoms with E-state index >= 15 is 0 Å². The molecule has 3 aromatic rings. The molecule has 1 aromatic heterocycles. The summed E-state index contributed by atoms with van der Waals surface area (Å²) in [6.45, 7) is 1.79. The Bertz CT molecular complexity index is 922. The fraction of sp³-hybridized carbons (Fsp3) is 0.423. The lowest BCUT2D eigenvalue weighted by Gasteiger charge is -2.50. The second-order valence-corrected chi connectivity index (χ2v) is 9.02. The summed E-state index contributed by atoms with van der Waals surface area (Å²) in [7, 11) is 6.45. The highest BCUT2D eigenvalue weighted by molar-refractivity contribution is 5.31. The zero-order valence-corrected chi connectivity index (χ0v) is 18.5. The van der Waals surface area contributed by atoms with Crippen molar-refractivity contribution < 1.29 is 0 Å². The molecule has 1 fully saturated rings. The summed E-state index contributed by atoms with van der Waals surface area (Å²) >= 11 is 0.